The van der Waals surface area contributed by atoms with Crippen molar-refractivity contribution in [3.05, 3.63) is 23.5 Å². The Balaban J connectivity index is 2.51. The molecule has 4 nitrogen and oxygen atoms in total. The zero-order valence-electron chi connectivity index (χ0n) is 8.20. The summed E-state index contributed by atoms with van der Waals surface area (Å²) < 4.78 is 10.4. The molecule has 2 aromatic rings. The summed E-state index contributed by atoms with van der Waals surface area (Å²) in [5.74, 6) is 1.93. The first-order valence-electron chi connectivity index (χ1n) is 4.53. The molecule has 0 spiro atoms. The molecule has 14 heavy (non-hydrogen) atoms. The van der Waals surface area contributed by atoms with Gasteiger partial charge in [-0.3, -0.25) is 0 Å². The Morgan fingerprint density at radius 1 is 1.43 bits per heavy atom. The van der Waals surface area contributed by atoms with Gasteiger partial charge in [0.2, 0.25) is 5.88 Å². The zero-order valence-corrected chi connectivity index (χ0v) is 8.20. The lowest BCUT2D eigenvalue weighted by Gasteiger charge is -1.93. The average Bonchev–Trinajstić information content (AvgIpc) is 2.71. The van der Waals surface area contributed by atoms with Crippen molar-refractivity contribution in [1.82, 2.24) is 5.16 Å². The fourth-order valence-electron chi connectivity index (χ4n) is 1.42. The molecule has 0 saturated heterocycles. The number of hydrogen-bond acceptors (Lipinski definition) is 4. The van der Waals surface area contributed by atoms with Gasteiger partial charge in [0.25, 0.3) is 0 Å². The molecule has 4 heteroatoms. The lowest BCUT2D eigenvalue weighted by atomic mass is 10.1. The van der Waals surface area contributed by atoms with Gasteiger partial charge in [-0.2, -0.15) is 0 Å². The Morgan fingerprint density at radius 2 is 2.21 bits per heavy atom. The minimum absolute atomic E-state index is 0.372. The second-order valence-corrected chi connectivity index (χ2v) is 3.14. The molecule has 2 aromatic heterocycles. The van der Waals surface area contributed by atoms with E-state index in [-0.39, 0.29) is 0 Å². The fourth-order valence-corrected chi connectivity index (χ4v) is 1.42. The Hall–Kier alpha value is -1.71. The third kappa shape index (κ3) is 1.28. The van der Waals surface area contributed by atoms with Crippen LogP contribution in [0.1, 0.15) is 18.2 Å². The first-order valence-corrected chi connectivity index (χ1v) is 4.53. The molecule has 0 aliphatic rings. The van der Waals surface area contributed by atoms with E-state index in [9.17, 15) is 0 Å². The second-order valence-electron chi connectivity index (χ2n) is 3.14. The molecule has 0 unspecified atom stereocenters. The lowest BCUT2D eigenvalue weighted by Crippen LogP contribution is -1.88. The van der Waals surface area contributed by atoms with Crippen molar-refractivity contribution < 1.29 is 8.94 Å². The van der Waals surface area contributed by atoms with Crippen LogP contribution in [0.5, 0.6) is 0 Å². The van der Waals surface area contributed by atoms with Gasteiger partial charge in [-0.15, -0.1) is 0 Å². The molecule has 0 aliphatic carbocycles. The van der Waals surface area contributed by atoms with Crippen LogP contribution in [-0.4, -0.2) is 5.16 Å². The number of nitrogens with two attached hydrogens (primary N) is 1. The standard InChI is InChI=1S/C10H12N2O2/c1-3-7-9(12-14-10(7)11)8-5-4-6(2)13-8/h4-5H,3,11H2,1-2H3. The number of furan rings is 1. The molecule has 2 N–H and O–H groups in total. The number of nitrogen functional groups attached to an aromatic ring is 1. The van der Waals surface area contributed by atoms with E-state index in [4.69, 9.17) is 14.7 Å². The summed E-state index contributed by atoms with van der Waals surface area (Å²) in [5, 5.41) is 3.88. The zero-order chi connectivity index (χ0) is 10.1. The van der Waals surface area contributed by atoms with E-state index >= 15 is 0 Å². The summed E-state index contributed by atoms with van der Waals surface area (Å²) in [7, 11) is 0. The molecule has 0 radical (unpaired) electrons. The minimum Gasteiger partial charge on any atom is -0.460 e. The van der Waals surface area contributed by atoms with Gasteiger partial charge >= 0.3 is 0 Å². The van der Waals surface area contributed by atoms with Crippen molar-refractivity contribution in [1.29, 1.82) is 0 Å². The van der Waals surface area contributed by atoms with Gasteiger partial charge < -0.3 is 14.7 Å². The minimum atomic E-state index is 0.372. The van der Waals surface area contributed by atoms with Crippen molar-refractivity contribution in [2.75, 3.05) is 5.73 Å². The summed E-state index contributed by atoms with van der Waals surface area (Å²) in [4.78, 5) is 0. The molecule has 0 aromatic carbocycles. The SMILES string of the molecule is CCc1c(-c2ccc(C)o2)noc1N. The van der Waals surface area contributed by atoms with E-state index in [1.165, 1.54) is 0 Å². The molecular formula is C10H12N2O2. The van der Waals surface area contributed by atoms with Gasteiger partial charge in [0.15, 0.2) is 11.5 Å². The molecule has 0 aliphatic heterocycles. The maximum atomic E-state index is 5.63. The second kappa shape index (κ2) is 3.21. The van der Waals surface area contributed by atoms with Gasteiger partial charge in [-0.25, -0.2) is 0 Å². The Labute approximate surface area is 81.7 Å². The highest BCUT2D eigenvalue weighted by Gasteiger charge is 2.15. The average molecular weight is 192 g/mol. The number of aryl methyl sites for hydroxylation is 1. The van der Waals surface area contributed by atoms with E-state index in [1.54, 1.807) is 0 Å². The van der Waals surface area contributed by atoms with Gasteiger partial charge in [-0.05, 0) is 25.5 Å². The van der Waals surface area contributed by atoms with Crippen molar-refractivity contribution >= 4 is 5.88 Å². The van der Waals surface area contributed by atoms with Crippen LogP contribution in [0.15, 0.2) is 21.1 Å². The Morgan fingerprint density at radius 3 is 2.79 bits per heavy atom. The number of hydrogen-bond donors (Lipinski definition) is 1. The molecule has 0 bridgehead atoms. The topological polar surface area (TPSA) is 65.2 Å². The first kappa shape index (κ1) is 8.87. The monoisotopic (exact) mass is 192 g/mol. The number of aromatic nitrogens is 1. The molecular weight excluding hydrogens is 180 g/mol. The van der Waals surface area contributed by atoms with E-state index in [0.29, 0.717) is 17.3 Å². The first-order chi connectivity index (χ1) is 6.72. The molecule has 2 heterocycles. The summed E-state index contributed by atoms with van der Waals surface area (Å²) in [6.45, 7) is 3.89. The van der Waals surface area contributed by atoms with E-state index < -0.39 is 0 Å². The summed E-state index contributed by atoms with van der Waals surface area (Å²) in [5.41, 5.74) is 7.23. The van der Waals surface area contributed by atoms with Crippen LogP contribution in [0, 0.1) is 6.92 Å². The predicted molar refractivity (Wildman–Crippen MR) is 52.7 cm³/mol. The van der Waals surface area contributed by atoms with Crippen molar-refractivity contribution in [2.24, 2.45) is 0 Å². The molecule has 0 atom stereocenters. The molecule has 0 saturated carbocycles. The van der Waals surface area contributed by atoms with Crippen LogP contribution in [0.4, 0.5) is 5.88 Å². The third-order valence-corrected chi connectivity index (χ3v) is 2.15. The van der Waals surface area contributed by atoms with E-state index in [2.05, 4.69) is 5.16 Å². The Bertz CT molecular complexity index is 443. The van der Waals surface area contributed by atoms with Gasteiger partial charge in [-0.1, -0.05) is 12.1 Å². The molecule has 2 rings (SSSR count). The molecule has 0 amide bonds. The fraction of sp³-hybridized carbons (Fsp3) is 0.300. The highest BCUT2D eigenvalue weighted by atomic mass is 16.5. The van der Waals surface area contributed by atoms with Crippen molar-refractivity contribution in [2.45, 2.75) is 20.3 Å². The predicted octanol–water partition coefficient (Wildman–Crippen LogP) is 2.39. The van der Waals surface area contributed by atoms with Gasteiger partial charge in [0.1, 0.15) is 5.76 Å². The molecule has 0 fully saturated rings. The van der Waals surface area contributed by atoms with Crippen molar-refractivity contribution in [3.8, 4) is 11.5 Å². The van der Waals surface area contributed by atoms with Gasteiger partial charge in [0.05, 0.1) is 0 Å². The number of anilines is 1. The van der Waals surface area contributed by atoms with E-state index in [1.807, 2.05) is 26.0 Å². The van der Waals surface area contributed by atoms with Gasteiger partial charge in [0, 0.05) is 5.56 Å². The summed E-state index contributed by atoms with van der Waals surface area (Å²) >= 11 is 0. The maximum absolute atomic E-state index is 5.63. The van der Waals surface area contributed by atoms with Crippen LogP contribution >= 0.6 is 0 Å². The largest absolute Gasteiger partial charge is 0.460 e. The smallest absolute Gasteiger partial charge is 0.226 e. The van der Waals surface area contributed by atoms with Crippen molar-refractivity contribution in [3.63, 3.8) is 0 Å². The van der Waals surface area contributed by atoms with Crippen LogP contribution in [0.25, 0.3) is 11.5 Å². The lowest BCUT2D eigenvalue weighted by molar-refractivity contribution is 0.434. The van der Waals surface area contributed by atoms with Crippen LogP contribution in [0.2, 0.25) is 0 Å². The summed E-state index contributed by atoms with van der Waals surface area (Å²) in [6, 6.07) is 3.76. The number of nitrogens with zero attached hydrogens (tertiary/aromatic N) is 1. The highest BCUT2D eigenvalue weighted by Crippen LogP contribution is 2.28. The van der Waals surface area contributed by atoms with Crippen LogP contribution in [-0.2, 0) is 6.42 Å². The normalized spacial score (nSPS) is 10.7. The van der Waals surface area contributed by atoms with E-state index in [0.717, 1.165) is 17.7 Å². The number of rotatable bonds is 2. The van der Waals surface area contributed by atoms with Crippen LogP contribution in [0.3, 0.4) is 0 Å². The maximum Gasteiger partial charge on any atom is 0.226 e. The highest BCUT2D eigenvalue weighted by molar-refractivity contribution is 5.62. The third-order valence-electron chi connectivity index (χ3n) is 2.15. The Kier molecular flexibility index (Phi) is 2.04. The van der Waals surface area contributed by atoms with Crippen LogP contribution < -0.4 is 5.73 Å². The summed E-state index contributed by atoms with van der Waals surface area (Å²) in [6.07, 6.45) is 0.782. The quantitative estimate of drug-likeness (QED) is 0.793. The molecule has 74 valence electrons.